The second-order valence-electron chi connectivity index (χ2n) is 17.9. The minimum absolute atomic E-state index is 1.09. The van der Waals surface area contributed by atoms with Crippen LogP contribution >= 0.6 is 0 Å². The summed E-state index contributed by atoms with van der Waals surface area (Å²) in [4.78, 5) is 4.70. The molecule has 0 atom stereocenters. The molecule has 1 heterocycles. The van der Waals surface area contributed by atoms with Crippen molar-refractivity contribution in [1.82, 2.24) is 4.57 Å². The van der Waals surface area contributed by atoms with Crippen LogP contribution in [0.5, 0.6) is 0 Å². The highest BCUT2D eigenvalue weighted by molar-refractivity contribution is 5.85. The lowest BCUT2D eigenvalue weighted by atomic mass is 10.0. The van der Waals surface area contributed by atoms with Crippen LogP contribution in [0.25, 0.3) is 67.0 Å². The number of rotatable bonds is 12. The molecule has 0 fully saturated rings. The minimum Gasteiger partial charge on any atom is -0.343 e. The van der Waals surface area contributed by atoms with Crippen molar-refractivity contribution in [3.05, 3.63) is 278 Å². The SMILES string of the molecule is Cc1c(C)c(-c2ccc(N(c3ccc(-c4ccccc4)cc3)c3ccc(-c4ccccc4)cc3)cc2)n(C)c1-c1ccc(N(c2ccc(-c3ccccc3)cc2)c2ccc(-c3ccccc3)cc2)cc1. The molecule has 0 N–H and O–H groups in total. The Morgan fingerprint density at radius 2 is 0.386 bits per heavy atom. The Morgan fingerprint density at radius 3 is 0.586 bits per heavy atom. The number of hydrogen-bond donors (Lipinski definition) is 0. The van der Waals surface area contributed by atoms with E-state index < -0.39 is 0 Å². The van der Waals surface area contributed by atoms with Gasteiger partial charge in [0.25, 0.3) is 0 Å². The summed E-state index contributed by atoms with van der Waals surface area (Å²) in [6, 6.07) is 96.0. The number of nitrogens with zero attached hydrogens (tertiary/aromatic N) is 3. The Balaban J connectivity index is 0.911. The average molecular weight is 900 g/mol. The molecule has 0 aliphatic carbocycles. The normalized spacial score (nSPS) is 11.1. The second-order valence-corrected chi connectivity index (χ2v) is 17.9. The molecule has 0 amide bonds. The highest BCUT2D eigenvalue weighted by Gasteiger charge is 2.21. The molecule has 1 aromatic heterocycles. The Morgan fingerprint density at radius 1 is 0.214 bits per heavy atom. The largest absolute Gasteiger partial charge is 0.343 e. The lowest BCUT2D eigenvalue weighted by molar-refractivity contribution is 0.941. The second kappa shape index (κ2) is 19.4. The zero-order chi connectivity index (χ0) is 47.4. The molecule has 0 radical (unpaired) electrons. The molecule has 11 rings (SSSR count). The van der Waals surface area contributed by atoms with E-state index in [0.29, 0.717) is 0 Å². The van der Waals surface area contributed by atoms with Crippen molar-refractivity contribution in [2.75, 3.05) is 9.80 Å². The molecule has 70 heavy (non-hydrogen) atoms. The first kappa shape index (κ1) is 43.6. The van der Waals surface area contributed by atoms with E-state index in [-0.39, 0.29) is 0 Å². The molecule has 3 heteroatoms. The molecule has 11 aromatic rings. The summed E-state index contributed by atoms with van der Waals surface area (Å²) in [6.07, 6.45) is 0. The molecule has 0 aliphatic heterocycles. The average Bonchev–Trinajstić information content (AvgIpc) is 3.66. The van der Waals surface area contributed by atoms with Crippen molar-refractivity contribution in [2.24, 2.45) is 7.05 Å². The summed E-state index contributed by atoms with van der Waals surface area (Å²) < 4.78 is 2.37. The monoisotopic (exact) mass is 899 g/mol. The summed E-state index contributed by atoms with van der Waals surface area (Å²) in [5.74, 6) is 0. The molecule has 336 valence electrons. The van der Waals surface area contributed by atoms with Crippen molar-refractivity contribution in [1.29, 1.82) is 0 Å². The summed E-state index contributed by atoms with van der Waals surface area (Å²) >= 11 is 0. The van der Waals surface area contributed by atoms with Crippen molar-refractivity contribution in [3.63, 3.8) is 0 Å². The molecule has 0 bridgehead atoms. The van der Waals surface area contributed by atoms with Gasteiger partial charge in [-0.1, -0.05) is 194 Å². The van der Waals surface area contributed by atoms with E-state index in [1.807, 2.05) is 0 Å². The van der Waals surface area contributed by atoms with Gasteiger partial charge in [0.15, 0.2) is 0 Å². The third kappa shape index (κ3) is 8.73. The van der Waals surface area contributed by atoms with Gasteiger partial charge in [0.1, 0.15) is 0 Å². The summed E-state index contributed by atoms with van der Waals surface area (Å²) in [5.41, 5.74) is 23.5. The Kier molecular flexibility index (Phi) is 12.1. The molecule has 0 aliphatic rings. The minimum atomic E-state index is 1.09. The van der Waals surface area contributed by atoms with Crippen LogP contribution in [-0.4, -0.2) is 4.57 Å². The number of benzene rings is 10. The van der Waals surface area contributed by atoms with E-state index in [0.717, 1.165) is 34.1 Å². The fourth-order valence-electron chi connectivity index (χ4n) is 9.96. The van der Waals surface area contributed by atoms with Gasteiger partial charge in [0.2, 0.25) is 0 Å². The van der Waals surface area contributed by atoms with E-state index in [4.69, 9.17) is 0 Å². The van der Waals surface area contributed by atoms with Crippen LogP contribution in [0.1, 0.15) is 11.1 Å². The van der Waals surface area contributed by atoms with Gasteiger partial charge in [-0.2, -0.15) is 0 Å². The van der Waals surface area contributed by atoms with Gasteiger partial charge in [-0.15, -0.1) is 0 Å². The van der Waals surface area contributed by atoms with Gasteiger partial charge in [-0.25, -0.2) is 0 Å². The van der Waals surface area contributed by atoms with Crippen molar-refractivity contribution in [2.45, 2.75) is 13.8 Å². The number of anilines is 6. The van der Waals surface area contributed by atoms with Crippen LogP contribution in [0.2, 0.25) is 0 Å². The predicted octanol–water partition coefficient (Wildman–Crippen LogP) is 18.6. The van der Waals surface area contributed by atoms with Crippen LogP contribution in [0.3, 0.4) is 0 Å². The first-order valence-corrected chi connectivity index (χ1v) is 24.1. The first-order chi connectivity index (χ1) is 34.5. The third-order valence-electron chi connectivity index (χ3n) is 13.7. The molecular weight excluding hydrogens is 847 g/mol. The fourth-order valence-corrected chi connectivity index (χ4v) is 9.96. The third-order valence-corrected chi connectivity index (χ3v) is 13.7. The lowest BCUT2D eigenvalue weighted by Crippen LogP contribution is -2.10. The lowest BCUT2D eigenvalue weighted by Gasteiger charge is -2.26. The molecule has 10 aromatic carbocycles. The van der Waals surface area contributed by atoms with Crippen LogP contribution in [0.15, 0.2) is 267 Å². The van der Waals surface area contributed by atoms with Gasteiger partial charge in [0, 0.05) is 41.2 Å². The van der Waals surface area contributed by atoms with E-state index >= 15 is 0 Å². The molecule has 3 nitrogen and oxygen atoms in total. The highest BCUT2D eigenvalue weighted by Crippen LogP contribution is 2.42. The maximum atomic E-state index is 2.37. The van der Waals surface area contributed by atoms with E-state index in [2.05, 4.69) is 302 Å². The molecular formula is C67H53N3. The molecule has 0 spiro atoms. The standard InChI is InChI=1S/C67H53N3/c1-48-49(2)67(59-34-46-65(47-35-59)70(62-40-28-56(29-41-62)52-20-12-6-13-21-52)63-42-30-57(31-43-63)53-22-14-7-15-23-53)68(3)66(48)58-32-44-64(45-33-58)69(60-36-24-54(25-37-60)50-16-8-4-9-17-50)61-38-26-55(27-39-61)51-18-10-5-11-19-51/h4-47H,1-3H3. The van der Waals surface area contributed by atoms with E-state index in [1.165, 1.54) is 78.1 Å². The van der Waals surface area contributed by atoms with E-state index in [1.54, 1.807) is 0 Å². The molecule has 0 saturated heterocycles. The Hall–Kier alpha value is -8.92. The van der Waals surface area contributed by atoms with Gasteiger partial charge in [-0.05, 0) is 153 Å². The quantitative estimate of drug-likeness (QED) is 0.121. The topological polar surface area (TPSA) is 11.4 Å². The van der Waals surface area contributed by atoms with Crippen LogP contribution in [-0.2, 0) is 7.05 Å². The summed E-state index contributed by atoms with van der Waals surface area (Å²) in [7, 11) is 2.20. The fraction of sp³-hybridized carbons (Fsp3) is 0.0448. The maximum absolute atomic E-state index is 2.37. The maximum Gasteiger partial charge on any atom is 0.0515 e. The van der Waals surface area contributed by atoms with Gasteiger partial charge >= 0.3 is 0 Å². The van der Waals surface area contributed by atoms with E-state index in [9.17, 15) is 0 Å². The van der Waals surface area contributed by atoms with Crippen LogP contribution < -0.4 is 9.80 Å². The first-order valence-electron chi connectivity index (χ1n) is 24.1. The van der Waals surface area contributed by atoms with Crippen molar-refractivity contribution in [3.8, 4) is 67.0 Å². The Bertz CT molecular complexity index is 3070. The van der Waals surface area contributed by atoms with Crippen molar-refractivity contribution >= 4 is 34.1 Å². The van der Waals surface area contributed by atoms with Gasteiger partial charge < -0.3 is 14.4 Å². The zero-order valence-corrected chi connectivity index (χ0v) is 39.7. The van der Waals surface area contributed by atoms with Crippen LogP contribution in [0.4, 0.5) is 34.1 Å². The number of aromatic nitrogens is 1. The van der Waals surface area contributed by atoms with Crippen molar-refractivity contribution < 1.29 is 0 Å². The summed E-state index contributed by atoms with van der Waals surface area (Å²) in [5, 5.41) is 0. The Labute approximate surface area is 412 Å². The van der Waals surface area contributed by atoms with Gasteiger partial charge in [-0.3, -0.25) is 0 Å². The molecule has 0 saturated carbocycles. The predicted molar refractivity (Wildman–Crippen MR) is 297 cm³/mol. The summed E-state index contributed by atoms with van der Waals surface area (Å²) in [6.45, 7) is 4.51. The zero-order valence-electron chi connectivity index (χ0n) is 39.7. The number of hydrogen-bond acceptors (Lipinski definition) is 2. The van der Waals surface area contributed by atoms with Gasteiger partial charge in [0.05, 0.1) is 11.4 Å². The molecule has 0 unspecified atom stereocenters. The van der Waals surface area contributed by atoms with Crippen LogP contribution in [0, 0.1) is 13.8 Å². The smallest absolute Gasteiger partial charge is 0.0515 e. The highest BCUT2D eigenvalue weighted by atomic mass is 15.1.